The predicted molar refractivity (Wildman–Crippen MR) is 64.7 cm³/mol. The van der Waals surface area contributed by atoms with Crippen molar-refractivity contribution >= 4 is 21.8 Å². The van der Waals surface area contributed by atoms with E-state index >= 15 is 0 Å². The Morgan fingerprint density at radius 1 is 1.43 bits per heavy atom. The van der Waals surface area contributed by atoms with Crippen LogP contribution in [-0.2, 0) is 4.79 Å². The zero-order valence-corrected chi connectivity index (χ0v) is 11.1. The first-order valence-corrected chi connectivity index (χ1v) is 6.38. The second-order valence-corrected chi connectivity index (χ2v) is 5.55. The molecule has 0 heterocycles. The third kappa shape index (κ3) is 8.54. The SMILES string of the molecule is CCC(C)CC(=O)NCCCC(C)Br. The third-order valence-corrected chi connectivity index (χ3v) is 2.79. The summed E-state index contributed by atoms with van der Waals surface area (Å²) in [6, 6.07) is 0. The second-order valence-electron chi connectivity index (χ2n) is 3.99. The standard InChI is InChI=1S/C11H22BrNO/c1-4-9(2)8-11(14)13-7-5-6-10(3)12/h9-10H,4-8H2,1-3H3,(H,13,14). The van der Waals surface area contributed by atoms with Crippen LogP contribution in [0.4, 0.5) is 0 Å². The Kier molecular flexibility index (Phi) is 8.24. The summed E-state index contributed by atoms with van der Waals surface area (Å²) in [5, 5.41) is 2.94. The van der Waals surface area contributed by atoms with Crippen LogP contribution in [0, 0.1) is 5.92 Å². The molecule has 0 rings (SSSR count). The lowest BCUT2D eigenvalue weighted by atomic mass is 10.1. The maximum atomic E-state index is 11.3. The molecule has 0 aromatic heterocycles. The summed E-state index contributed by atoms with van der Waals surface area (Å²) in [7, 11) is 0. The van der Waals surface area contributed by atoms with E-state index in [1.54, 1.807) is 0 Å². The number of carbonyl (C=O) groups is 1. The quantitative estimate of drug-likeness (QED) is 0.555. The van der Waals surface area contributed by atoms with Crippen LogP contribution < -0.4 is 5.32 Å². The van der Waals surface area contributed by atoms with E-state index in [1.807, 2.05) is 0 Å². The predicted octanol–water partition coefficient (Wildman–Crippen LogP) is 3.10. The molecular formula is C11H22BrNO. The summed E-state index contributed by atoms with van der Waals surface area (Å²) >= 11 is 3.48. The van der Waals surface area contributed by atoms with Crippen LogP contribution in [0.5, 0.6) is 0 Å². The van der Waals surface area contributed by atoms with Gasteiger partial charge >= 0.3 is 0 Å². The molecule has 0 saturated carbocycles. The zero-order valence-electron chi connectivity index (χ0n) is 9.48. The van der Waals surface area contributed by atoms with Gasteiger partial charge < -0.3 is 5.32 Å². The monoisotopic (exact) mass is 263 g/mol. The van der Waals surface area contributed by atoms with Gasteiger partial charge in [0.05, 0.1) is 0 Å². The topological polar surface area (TPSA) is 29.1 Å². The Balaban J connectivity index is 3.36. The Labute approximate surface area is 96.0 Å². The summed E-state index contributed by atoms with van der Waals surface area (Å²) < 4.78 is 0. The van der Waals surface area contributed by atoms with Gasteiger partial charge in [-0.05, 0) is 18.8 Å². The Bertz CT molecular complexity index is 159. The first-order chi connectivity index (χ1) is 6.56. The lowest BCUT2D eigenvalue weighted by molar-refractivity contribution is -0.121. The zero-order chi connectivity index (χ0) is 11.0. The average molecular weight is 264 g/mol. The van der Waals surface area contributed by atoms with Crippen molar-refractivity contribution < 1.29 is 4.79 Å². The van der Waals surface area contributed by atoms with Crippen LogP contribution in [0.3, 0.4) is 0 Å². The minimum absolute atomic E-state index is 0.196. The summed E-state index contributed by atoms with van der Waals surface area (Å²) in [6.07, 6.45) is 3.91. The van der Waals surface area contributed by atoms with E-state index in [-0.39, 0.29) is 5.91 Å². The van der Waals surface area contributed by atoms with Gasteiger partial charge in [-0.25, -0.2) is 0 Å². The first kappa shape index (κ1) is 13.9. The molecule has 0 radical (unpaired) electrons. The molecule has 1 N–H and O–H groups in total. The van der Waals surface area contributed by atoms with E-state index in [9.17, 15) is 4.79 Å². The fraction of sp³-hybridized carbons (Fsp3) is 0.909. The summed E-state index contributed by atoms with van der Waals surface area (Å²) in [4.78, 5) is 11.9. The minimum atomic E-state index is 0.196. The van der Waals surface area contributed by atoms with Gasteiger partial charge in [-0.15, -0.1) is 0 Å². The van der Waals surface area contributed by atoms with Gasteiger partial charge in [0.2, 0.25) is 5.91 Å². The molecule has 2 atom stereocenters. The fourth-order valence-corrected chi connectivity index (χ4v) is 1.47. The summed E-state index contributed by atoms with van der Waals surface area (Å²) in [6.45, 7) is 7.16. The van der Waals surface area contributed by atoms with E-state index in [0.29, 0.717) is 17.2 Å². The van der Waals surface area contributed by atoms with Crippen molar-refractivity contribution in [2.24, 2.45) is 5.92 Å². The van der Waals surface area contributed by atoms with E-state index in [0.717, 1.165) is 25.8 Å². The number of rotatable bonds is 7. The van der Waals surface area contributed by atoms with Gasteiger partial charge in [-0.1, -0.05) is 43.1 Å². The highest BCUT2D eigenvalue weighted by Gasteiger charge is 2.06. The first-order valence-electron chi connectivity index (χ1n) is 5.47. The van der Waals surface area contributed by atoms with Gasteiger partial charge in [-0.2, -0.15) is 0 Å². The number of carbonyl (C=O) groups excluding carboxylic acids is 1. The number of alkyl halides is 1. The van der Waals surface area contributed by atoms with Crippen molar-refractivity contribution in [3.05, 3.63) is 0 Å². The molecule has 0 aromatic carbocycles. The Morgan fingerprint density at radius 3 is 2.57 bits per heavy atom. The highest BCUT2D eigenvalue weighted by Crippen LogP contribution is 2.07. The molecule has 84 valence electrons. The Morgan fingerprint density at radius 2 is 2.07 bits per heavy atom. The normalized spacial score (nSPS) is 14.9. The van der Waals surface area contributed by atoms with Crippen molar-refractivity contribution in [3.8, 4) is 0 Å². The van der Waals surface area contributed by atoms with E-state index in [2.05, 4.69) is 42.0 Å². The molecule has 0 saturated heterocycles. The molecule has 0 aliphatic rings. The summed E-state index contributed by atoms with van der Waals surface area (Å²) in [5.41, 5.74) is 0. The number of halogens is 1. The molecule has 0 aliphatic carbocycles. The maximum absolute atomic E-state index is 11.3. The number of hydrogen-bond donors (Lipinski definition) is 1. The van der Waals surface area contributed by atoms with Crippen molar-refractivity contribution in [1.82, 2.24) is 5.32 Å². The van der Waals surface area contributed by atoms with E-state index in [1.165, 1.54) is 0 Å². The van der Waals surface area contributed by atoms with Gasteiger partial charge in [0.25, 0.3) is 0 Å². The van der Waals surface area contributed by atoms with Crippen LogP contribution in [0.2, 0.25) is 0 Å². The van der Waals surface area contributed by atoms with Crippen LogP contribution in [0.15, 0.2) is 0 Å². The highest BCUT2D eigenvalue weighted by molar-refractivity contribution is 9.09. The van der Waals surface area contributed by atoms with Crippen LogP contribution in [0.25, 0.3) is 0 Å². The molecule has 3 heteroatoms. The lowest BCUT2D eigenvalue weighted by Gasteiger charge is -2.09. The van der Waals surface area contributed by atoms with Crippen molar-refractivity contribution in [1.29, 1.82) is 0 Å². The molecule has 0 bridgehead atoms. The Hall–Kier alpha value is -0.0500. The van der Waals surface area contributed by atoms with Gasteiger partial charge in [0, 0.05) is 17.8 Å². The number of amides is 1. The molecule has 14 heavy (non-hydrogen) atoms. The number of hydrogen-bond acceptors (Lipinski definition) is 1. The van der Waals surface area contributed by atoms with Crippen molar-refractivity contribution in [2.45, 2.75) is 51.3 Å². The highest BCUT2D eigenvalue weighted by atomic mass is 79.9. The third-order valence-electron chi connectivity index (χ3n) is 2.33. The van der Waals surface area contributed by atoms with Gasteiger partial charge in [0.1, 0.15) is 0 Å². The second kappa shape index (κ2) is 8.27. The minimum Gasteiger partial charge on any atom is -0.356 e. The largest absolute Gasteiger partial charge is 0.356 e. The molecule has 1 amide bonds. The molecule has 0 spiro atoms. The molecule has 0 aliphatic heterocycles. The molecule has 0 aromatic rings. The van der Waals surface area contributed by atoms with Crippen molar-refractivity contribution in [3.63, 3.8) is 0 Å². The van der Waals surface area contributed by atoms with Gasteiger partial charge in [-0.3, -0.25) is 4.79 Å². The van der Waals surface area contributed by atoms with Crippen molar-refractivity contribution in [2.75, 3.05) is 6.54 Å². The maximum Gasteiger partial charge on any atom is 0.220 e. The molecule has 2 unspecified atom stereocenters. The molecular weight excluding hydrogens is 242 g/mol. The summed E-state index contributed by atoms with van der Waals surface area (Å²) in [5.74, 6) is 0.701. The van der Waals surface area contributed by atoms with Crippen LogP contribution >= 0.6 is 15.9 Å². The molecule has 2 nitrogen and oxygen atoms in total. The smallest absolute Gasteiger partial charge is 0.220 e. The average Bonchev–Trinajstić information content (AvgIpc) is 2.12. The van der Waals surface area contributed by atoms with Crippen LogP contribution in [0.1, 0.15) is 46.5 Å². The van der Waals surface area contributed by atoms with Gasteiger partial charge in [0.15, 0.2) is 0 Å². The molecule has 0 fully saturated rings. The fourth-order valence-electron chi connectivity index (χ4n) is 1.14. The lowest BCUT2D eigenvalue weighted by Crippen LogP contribution is -2.26. The number of nitrogens with one attached hydrogen (secondary N) is 1. The van der Waals surface area contributed by atoms with Crippen LogP contribution in [-0.4, -0.2) is 17.3 Å². The van der Waals surface area contributed by atoms with E-state index in [4.69, 9.17) is 0 Å². The van der Waals surface area contributed by atoms with E-state index < -0.39 is 0 Å².